The molecule has 0 radical (unpaired) electrons. The van der Waals surface area contributed by atoms with Crippen molar-refractivity contribution in [3.05, 3.63) is 59.1 Å². The zero-order valence-electron chi connectivity index (χ0n) is 11.8. The molecule has 1 fully saturated rings. The van der Waals surface area contributed by atoms with Gasteiger partial charge in [0.25, 0.3) is 0 Å². The lowest BCUT2D eigenvalue weighted by Crippen LogP contribution is -2.25. The van der Waals surface area contributed by atoms with E-state index in [0.29, 0.717) is 11.1 Å². The van der Waals surface area contributed by atoms with Crippen LogP contribution in [0.25, 0.3) is 0 Å². The molecule has 110 valence electrons. The van der Waals surface area contributed by atoms with Crippen LogP contribution < -0.4 is 5.32 Å². The number of anilines is 1. The first kappa shape index (κ1) is 14.2. The van der Waals surface area contributed by atoms with Crippen LogP contribution in [0, 0.1) is 0 Å². The van der Waals surface area contributed by atoms with Crippen LogP contribution >= 0.6 is 11.6 Å². The fourth-order valence-electron chi connectivity index (χ4n) is 2.77. The zero-order valence-corrected chi connectivity index (χ0v) is 12.6. The molecule has 0 spiro atoms. The number of benzene rings is 2. The highest BCUT2D eigenvalue weighted by Gasteiger charge is 2.22. The summed E-state index contributed by atoms with van der Waals surface area (Å²) < 4.78 is 0. The van der Waals surface area contributed by atoms with Gasteiger partial charge in [0, 0.05) is 31.4 Å². The topological polar surface area (TPSA) is 35.5 Å². The molecule has 1 atom stereocenters. The maximum Gasteiger partial charge on any atom is 0.134 e. The van der Waals surface area contributed by atoms with Gasteiger partial charge in [-0.1, -0.05) is 41.9 Å². The van der Waals surface area contributed by atoms with Gasteiger partial charge in [0.1, 0.15) is 5.75 Å². The lowest BCUT2D eigenvalue weighted by atomic mass is 10.2. The van der Waals surface area contributed by atoms with Crippen molar-refractivity contribution in [2.24, 2.45) is 0 Å². The SMILES string of the molecule is Oc1ccc(NC2CCN(Cc3ccccc3)C2)cc1Cl. The molecule has 21 heavy (non-hydrogen) atoms. The Kier molecular flexibility index (Phi) is 4.32. The Morgan fingerprint density at radius 3 is 2.76 bits per heavy atom. The quantitative estimate of drug-likeness (QED) is 0.845. The fraction of sp³-hybridized carbons (Fsp3) is 0.294. The lowest BCUT2D eigenvalue weighted by Gasteiger charge is -2.17. The molecule has 2 aromatic carbocycles. The molecular formula is C17H19ClN2O. The highest BCUT2D eigenvalue weighted by atomic mass is 35.5. The molecule has 1 heterocycles. The van der Waals surface area contributed by atoms with Crippen molar-refractivity contribution in [3.63, 3.8) is 0 Å². The number of rotatable bonds is 4. The highest BCUT2D eigenvalue weighted by Crippen LogP contribution is 2.27. The fourth-order valence-corrected chi connectivity index (χ4v) is 2.95. The normalized spacial score (nSPS) is 18.8. The maximum atomic E-state index is 9.44. The van der Waals surface area contributed by atoms with Crippen molar-refractivity contribution in [3.8, 4) is 5.75 Å². The Balaban J connectivity index is 1.56. The first-order chi connectivity index (χ1) is 10.2. The van der Waals surface area contributed by atoms with E-state index < -0.39 is 0 Å². The molecule has 0 amide bonds. The van der Waals surface area contributed by atoms with Crippen LogP contribution in [0.4, 0.5) is 5.69 Å². The second-order valence-electron chi connectivity index (χ2n) is 5.52. The van der Waals surface area contributed by atoms with E-state index in [1.807, 2.05) is 12.1 Å². The van der Waals surface area contributed by atoms with Crippen molar-refractivity contribution in [1.29, 1.82) is 0 Å². The minimum atomic E-state index is 0.124. The Labute approximate surface area is 130 Å². The van der Waals surface area contributed by atoms with Crippen LogP contribution in [0.3, 0.4) is 0 Å². The smallest absolute Gasteiger partial charge is 0.134 e. The largest absolute Gasteiger partial charge is 0.506 e. The molecule has 0 bridgehead atoms. The van der Waals surface area contributed by atoms with Gasteiger partial charge in [0.2, 0.25) is 0 Å². The van der Waals surface area contributed by atoms with Crippen LogP contribution in [0.15, 0.2) is 48.5 Å². The van der Waals surface area contributed by atoms with E-state index in [1.54, 1.807) is 12.1 Å². The van der Waals surface area contributed by atoms with Gasteiger partial charge in [0.05, 0.1) is 5.02 Å². The van der Waals surface area contributed by atoms with Crippen molar-refractivity contribution in [1.82, 2.24) is 4.90 Å². The number of phenols is 1. The molecule has 1 aliphatic rings. The van der Waals surface area contributed by atoms with Crippen molar-refractivity contribution in [2.75, 3.05) is 18.4 Å². The average molecular weight is 303 g/mol. The van der Waals surface area contributed by atoms with Crippen molar-refractivity contribution in [2.45, 2.75) is 19.0 Å². The lowest BCUT2D eigenvalue weighted by molar-refractivity contribution is 0.328. The summed E-state index contributed by atoms with van der Waals surface area (Å²) in [4.78, 5) is 2.45. The molecule has 2 aromatic rings. The first-order valence-electron chi connectivity index (χ1n) is 7.22. The molecule has 4 heteroatoms. The first-order valence-corrected chi connectivity index (χ1v) is 7.60. The number of halogens is 1. The third kappa shape index (κ3) is 3.69. The van der Waals surface area contributed by atoms with Crippen LogP contribution in [0.5, 0.6) is 5.75 Å². The molecule has 1 saturated heterocycles. The number of likely N-dealkylation sites (tertiary alicyclic amines) is 1. The number of nitrogens with one attached hydrogen (secondary N) is 1. The molecule has 2 N–H and O–H groups in total. The summed E-state index contributed by atoms with van der Waals surface area (Å²) in [5.74, 6) is 0.124. The van der Waals surface area contributed by atoms with Gasteiger partial charge in [-0.05, 0) is 30.2 Å². The number of phenolic OH excluding ortho intramolecular Hbond substituents is 1. The maximum absolute atomic E-state index is 9.44. The van der Waals surface area contributed by atoms with E-state index in [9.17, 15) is 5.11 Å². The minimum absolute atomic E-state index is 0.124. The van der Waals surface area contributed by atoms with Gasteiger partial charge >= 0.3 is 0 Å². The number of aromatic hydroxyl groups is 1. The number of hydrogen-bond donors (Lipinski definition) is 2. The molecule has 0 saturated carbocycles. The van der Waals surface area contributed by atoms with Gasteiger partial charge in [-0.25, -0.2) is 0 Å². The highest BCUT2D eigenvalue weighted by molar-refractivity contribution is 6.32. The minimum Gasteiger partial charge on any atom is -0.506 e. The second-order valence-corrected chi connectivity index (χ2v) is 5.92. The van der Waals surface area contributed by atoms with Crippen LogP contribution in [-0.4, -0.2) is 29.1 Å². The second kappa shape index (κ2) is 6.37. The summed E-state index contributed by atoms with van der Waals surface area (Å²) in [7, 11) is 0. The van der Waals surface area contributed by atoms with E-state index in [4.69, 9.17) is 11.6 Å². The number of nitrogens with zero attached hydrogens (tertiary/aromatic N) is 1. The molecule has 3 nitrogen and oxygen atoms in total. The molecule has 1 aliphatic heterocycles. The monoisotopic (exact) mass is 302 g/mol. The summed E-state index contributed by atoms with van der Waals surface area (Å²) >= 11 is 5.93. The summed E-state index contributed by atoms with van der Waals surface area (Å²) in [6, 6.07) is 16.2. The summed E-state index contributed by atoms with van der Waals surface area (Å²) in [5, 5.41) is 13.3. The Hall–Kier alpha value is -1.71. The predicted octanol–water partition coefficient (Wildman–Crippen LogP) is 3.73. The molecule has 3 rings (SSSR count). The van der Waals surface area contributed by atoms with Gasteiger partial charge in [-0.15, -0.1) is 0 Å². The summed E-state index contributed by atoms with van der Waals surface area (Å²) in [6.07, 6.45) is 1.12. The summed E-state index contributed by atoms with van der Waals surface area (Å²) in [6.45, 7) is 3.11. The van der Waals surface area contributed by atoms with E-state index in [0.717, 1.165) is 31.7 Å². The third-order valence-corrected chi connectivity index (χ3v) is 4.14. The molecule has 0 aromatic heterocycles. The van der Waals surface area contributed by atoms with Gasteiger partial charge in [0.15, 0.2) is 0 Å². The van der Waals surface area contributed by atoms with Crippen LogP contribution in [0.2, 0.25) is 5.02 Å². The van der Waals surface area contributed by atoms with Crippen molar-refractivity contribution >= 4 is 17.3 Å². The van der Waals surface area contributed by atoms with E-state index >= 15 is 0 Å². The molecular weight excluding hydrogens is 284 g/mol. The van der Waals surface area contributed by atoms with Crippen molar-refractivity contribution < 1.29 is 5.11 Å². The number of hydrogen-bond acceptors (Lipinski definition) is 3. The Bertz CT molecular complexity index is 603. The predicted molar refractivity (Wildman–Crippen MR) is 86.9 cm³/mol. The summed E-state index contributed by atoms with van der Waals surface area (Å²) in [5.41, 5.74) is 2.31. The third-order valence-electron chi connectivity index (χ3n) is 3.84. The van der Waals surface area contributed by atoms with E-state index in [2.05, 4.69) is 34.5 Å². The van der Waals surface area contributed by atoms with Crippen LogP contribution in [-0.2, 0) is 6.54 Å². The van der Waals surface area contributed by atoms with Gasteiger partial charge < -0.3 is 10.4 Å². The van der Waals surface area contributed by atoms with Crippen LogP contribution in [0.1, 0.15) is 12.0 Å². The Morgan fingerprint density at radius 2 is 2.00 bits per heavy atom. The van der Waals surface area contributed by atoms with E-state index in [-0.39, 0.29) is 5.75 Å². The zero-order chi connectivity index (χ0) is 14.7. The standard InChI is InChI=1S/C17H19ClN2O/c18-16-10-14(6-7-17(16)21)19-15-8-9-20(12-15)11-13-4-2-1-3-5-13/h1-7,10,15,19,21H,8-9,11-12H2. The average Bonchev–Trinajstić information content (AvgIpc) is 2.91. The van der Waals surface area contributed by atoms with E-state index in [1.165, 1.54) is 5.56 Å². The molecule has 1 unspecified atom stereocenters. The Morgan fingerprint density at radius 1 is 1.19 bits per heavy atom. The van der Waals surface area contributed by atoms with Gasteiger partial charge in [-0.3, -0.25) is 4.90 Å². The molecule has 0 aliphatic carbocycles. The van der Waals surface area contributed by atoms with Gasteiger partial charge in [-0.2, -0.15) is 0 Å².